The van der Waals surface area contributed by atoms with Crippen molar-refractivity contribution in [3.05, 3.63) is 64.3 Å². The molecule has 2 aromatic rings. The summed E-state index contributed by atoms with van der Waals surface area (Å²) in [6.45, 7) is 1.43. The highest BCUT2D eigenvalue weighted by Gasteiger charge is 2.26. The first-order valence-corrected chi connectivity index (χ1v) is 7.94. The van der Waals surface area contributed by atoms with Crippen LogP contribution in [0, 0.1) is 16.0 Å². The molecule has 2 unspecified atom stereocenters. The zero-order valence-corrected chi connectivity index (χ0v) is 13.3. The number of nitro benzene ring substituents is 1. The summed E-state index contributed by atoms with van der Waals surface area (Å²) in [6, 6.07) is 11.1. The zero-order chi connectivity index (χ0) is 16.8. The van der Waals surface area contributed by atoms with E-state index in [2.05, 4.69) is 4.98 Å². The molecule has 0 fully saturated rings. The van der Waals surface area contributed by atoms with E-state index in [1.165, 1.54) is 43.0 Å². The number of ketones is 1. The second-order valence-corrected chi connectivity index (χ2v) is 6.03. The molecule has 0 saturated carbocycles. The molecule has 1 aromatic carbocycles. The van der Waals surface area contributed by atoms with Gasteiger partial charge in [-0.15, -0.1) is 11.8 Å². The van der Waals surface area contributed by atoms with Gasteiger partial charge in [-0.25, -0.2) is 4.98 Å². The smallest absolute Gasteiger partial charge is 0.269 e. The number of Topliss-reactive ketones (excluding diaryl/α,β-unsaturated/α-hetero) is 1. The van der Waals surface area contributed by atoms with Crippen molar-refractivity contribution in [1.82, 2.24) is 4.98 Å². The van der Waals surface area contributed by atoms with Gasteiger partial charge in [0.05, 0.1) is 22.0 Å². The Morgan fingerprint density at radius 2 is 2.00 bits per heavy atom. The summed E-state index contributed by atoms with van der Waals surface area (Å²) in [5.74, 6) is -0.368. The Balaban J connectivity index is 2.10. The average Bonchev–Trinajstić information content (AvgIpc) is 2.55. The summed E-state index contributed by atoms with van der Waals surface area (Å²) < 4.78 is 0. The fraction of sp³-hybridized carbons (Fsp3) is 0.250. The molecule has 0 bridgehead atoms. The van der Waals surface area contributed by atoms with E-state index < -0.39 is 16.9 Å². The molecule has 2 rings (SSSR count). The zero-order valence-electron chi connectivity index (χ0n) is 12.5. The van der Waals surface area contributed by atoms with E-state index in [-0.39, 0.29) is 11.5 Å². The van der Waals surface area contributed by atoms with Crippen LogP contribution in [-0.4, -0.2) is 26.5 Å². The molecular weight excluding hydrogens is 316 g/mol. The van der Waals surface area contributed by atoms with E-state index in [0.717, 1.165) is 5.03 Å². The quantitative estimate of drug-likeness (QED) is 0.476. The number of benzene rings is 1. The van der Waals surface area contributed by atoms with Crippen LogP contribution in [0.2, 0.25) is 0 Å². The van der Waals surface area contributed by atoms with Gasteiger partial charge >= 0.3 is 0 Å². The normalized spacial score (nSPS) is 13.3. The summed E-state index contributed by atoms with van der Waals surface area (Å²) in [5, 5.41) is 21.9. The highest BCUT2D eigenvalue weighted by atomic mass is 32.2. The van der Waals surface area contributed by atoms with Crippen LogP contribution < -0.4 is 0 Å². The van der Waals surface area contributed by atoms with Crippen molar-refractivity contribution in [2.45, 2.75) is 18.1 Å². The molecule has 0 amide bonds. The van der Waals surface area contributed by atoms with Crippen molar-refractivity contribution in [2.24, 2.45) is 5.92 Å². The van der Waals surface area contributed by atoms with Crippen LogP contribution >= 0.6 is 11.8 Å². The molecule has 0 radical (unpaired) electrons. The number of hydrogen-bond donors (Lipinski definition) is 1. The molecular formula is C16H16N2O4S. The maximum Gasteiger partial charge on any atom is 0.269 e. The second kappa shape index (κ2) is 7.85. The molecule has 0 spiro atoms. The maximum atomic E-state index is 11.9. The van der Waals surface area contributed by atoms with Crippen LogP contribution in [-0.2, 0) is 4.79 Å². The third-order valence-electron chi connectivity index (χ3n) is 3.40. The Morgan fingerprint density at radius 3 is 2.52 bits per heavy atom. The van der Waals surface area contributed by atoms with Gasteiger partial charge in [0.25, 0.3) is 5.69 Å². The van der Waals surface area contributed by atoms with Crippen molar-refractivity contribution in [2.75, 3.05) is 5.75 Å². The van der Waals surface area contributed by atoms with Gasteiger partial charge in [0.1, 0.15) is 5.78 Å². The average molecular weight is 332 g/mol. The van der Waals surface area contributed by atoms with Crippen molar-refractivity contribution in [3.63, 3.8) is 0 Å². The van der Waals surface area contributed by atoms with Crippen LogP contribution in [0.15, 0.2) is 53.7 Å². The van der Waals surface area contributed by atoms with E-state index >= 15 is 0 Å². The van der Waals surface area contributed by atoms with Gasteiger partial charge in [0.2, 0.25) is 0 Å². The molecule has 1 N–H and O–H groups in total. The monoisotopic (exact) mass is 332 g/mol. The lowest BCUT2D eigenvalue weighted by molar-refractivity contribution is -0.384. The number of aromatic nitrogens is 1. The Bertz CT molecular complexity index is 676. The largest absolute Gasteiger partial charge is 0.388 e. The summed E-state index contributed by atoms with van der Waals surface area (Å²) in [5.41, 5.74) is 0.431. The van der Waals surface area contributed by atoms with E-state index in [1.54, 1.807) is 12.3 Å². The maximum absolute atomic E-state index is 11.9. The highest BCUT2D eigenvalue weighted by Crippen LogP contribution is 2.29. The van der Waals surface area contributed by atoms with Crippen molar-refractivity contribution in [3.8, 4) is 0 Å². The molecule has 7 heteroatoms. The number of carbonyl (C=O) groups is 1. The van der Waals surface area contributed by atoms with Gasteiger partial charge in [0, 0.05) is 24.1 Å². The van der Waals surface area contributed by atoms with E-state index in [9.17, 15) is 20.0 Å². The summed E-state index contributed by atoms with van der Waals surface area (Å²) in [4.78, 5) is 26.2. The number of aliphatic hydroxyl groups excluding tert-OH is 1. The van der Waals surface area contributed by atoms with Gasteiger partial charge in [-0.2, -0.15) is 0 Å². The fourth-order valence-corrected chi connectivity index (χ4v) is 3.14. The Kier molecular flexibility index (Phi) is 5.84. The number of carbonyl (C=O) groups excluding carboxylic acids is 1. The molecule has 2 atom stereocenters. The van der Waals surface area contributed by atoms with Crippen LogP contribution in [0.3, 0.4) is 0 Å². The number of nitrogens with zero attached hydrogens (tertiary/aromatic N) is 2. The molecule has 120 valence electrons. The Morgan fingerprint density at radius 1 is 1.30 bits per heavy atom. The van der Waals surface area contributed by atoms with Gasteiger partial charge in [0.15, 0.2) is 0 Å². The molecule has 1 aromatic heterocycles. The SMILES string of the molecule is CC(=O)C(CSc1ccccn1)C(O)c1ccc([N+](=O)[O-])cc1. The lowest BCUT2D eigenvalue weighted by Gasteiger charge is -2.20. The number of thioether (sulfide) groups is 1. The number of rotatable bonds is 7. The third-order valence-corrected chi connectivity index (χ3v) is 4.46. The van der Waals surface area contributed by atoms with Crippen molar-refractivity contribution in [1.29, 1.82) is 0 Å². The molecule has 23 heavy (non-hydrogen) atoms. The predicted molar refractivity (Wildman–Crippen MR) is 87.2 cm³/mol. The van der Waals surface area contributed by atoms with Crippen LogP contribution in [0.4, 0.5) is 5.69 Å². The first-order chi connectivity index (χ1) is 11.0. The van der Waals surface area contributed by atoms with Gasteiger partial charge < -0.3 is 5.11 Å². The first kappa shape index (κ1) is 17.1. The topological polar surface area (TPSA) is 93.3 Å². The summed E-state index contributed by atoms with van der Waals surface area (Å²) in [6.07, 6.45) is 0.655. The molecule has 0 aliphatic carbocycles. The summed E-state index contributed by atoms with van der Waals surface area (Å²) >= 11 is 1.39. The minimum Gasteiger partial charge on any atom is -0.388 e. The standard InChI is InChI=1S/C16H16N2O4S/c1-11(19)14(10-23-15-4-2-3-9-17-15)16(20)12-5-7-13(8-6-12)18(21)22/h2-9,14,16,20H,10H2,1H3. The number of aliphatic hydroxyl groups is 1. The Labute approximate surface area is 137 Å². The van der Waals surface area contributed by atoms with E-state index in [0.29, 0.717) is 11.3 Å². The van der Waals surface area contributed by atoms with E-state index in [1.807, 2.05) is 12.1 Å². The molecule has 1 heterocycles. The lowest BCUT2D eigenvalue weighted by atomic mass is 9.94. The Hall–Kier alpha value is -2.25. The van der Waals surface area contributed by atoms with Gasteiger partial charge in [-0.3, -0.25) is 14.9 Å². The minimum atomic E-state index is -1.01. The highest BCUT2D eigenvalue weighted by molar-refractivity contribution is 7.99. The molecule has 6 nitrogen and oxygen atoms in total. The number of non-ortho nitro benzene ring substituents is 1. The minimum absolute atomic E-state index is 0.0526. The summed E-state index contributed by atoms with van der Waals surface area (Å²) in [7, 11) is 0. The molecule has 0 aliphatic rings. The van der Waals surface area contributed by atoms with Crippen molar-refractivity contribution < 1.29 is 14.8 Å². The van der Waals surface area contributed by atoms with Gasteiger partial charge in [-0.1, -0.05) is 6.07 Å². The lowest BCUT2D eigenvalue weighted by Crippen LogP contribution is -2.22. The van der Waals surface area contributed by atoms with Crippen molar-refractivity contribution >= 4 is 23.2 Å². The molecule has 0 saturated heterocycles. The predicted octanol–water partition coefficient (Wildman–Crippen LogP) is 3.02. The molecule has 0 aliphatic heterocycles. The second-order valence-electron chi connectivity index (χ2n) is 4.99. The fourth-order valence-electron chi connectivity index (χ4n) is 2.06. The number of pyridine rings is 1. The first-order valence-electron chi connectivity index (χ1n) is 6.95. The number of nitro groups is 1. The van der Waals surface area contributed by atoms with Gasteiger partial charge in [-0.05, 0) is 36.8 Å². The van der Waals surface area contributed by atoms with E-state index in [4.69, 9.17) is 0 Å². The third kappa shape index (κ3) is 4.61. The van der Waals surface area contributed by atoms with Crippen LogP contribution in [0.1, 0.15) is 18.6 Å². The number of hydrogen-bond acceptors (Lipinski definition) is 6. The van der Waals surface area contributed by atoms with Crippen LogP contribution in [0.5, 0.6) is 0 Å². The van der Waals surface area contributed by atoms with Crippen LogP contribution in [0.25, 0.3) is 0 Å².